The van der Waals surface area contributed by atoms with Crippen LogP contribution in [0.25, 0.3) is 5.57 Å². The normalized spacial score (nSPS) is 19.6. The number of aldehydes is 1. The van der Waals surface area contributed by atoms with Crippen molar-refractivity contribution in [3.63, 3.8) is 0 Å². The number of hydrogen-bond acceptors (Lipinski definition) is 2. The number of pyridine rings is 1. The van der Waals surface area contributed by atoms with E-state index in [0.29, 0.717) is 23.1 Å². The standard InChI is InChI=1S/C18H18ClF3NO2/c19-14-4-5-16(18(20,21)22)15(8-14)12-3-6-17(23(25)9-12)13(10-24)7-11-1-2-11/h3,6,8-11,13,25H,1-2,4-5,7H2/q+1. The van der Waals surface area contributed by atoms with Crippen LogP contribution in [0.15, 0.2) is 35.0 Å². The molecule has 0 aliphatic heterocycles. The van der Waals surface area contributed by atoms with Gasteiger partial charge in [0.05, 0.1) is 5.56 Å². The molecular weight excluding hydrogens is 355 g/mol. The number of alkyl halides is 3. The minimum absolute atomic E-state index is 0.0389. The lowest BCUT2D eigenvalue weighted by Crippen LogP contribution is -2.37. The molecule has 0 aromatic carbocycles. The summed E-state index contributed by atoms with van der Waals surface area (Å²) in [5.74, 6) is 0.0163. The highest BCUT2D eigenvalue weighted by Gasteiger charge is 2.38. The zero-order valence-electron chi connectivity index (χ0n) is 13.4. The van der Waals surface area contributed by atoms with E-state index < -0.39 is 17.7 Å². The minimum Gasteiger partial charge on any atom is -0.302 e. The third-order valence-corrected chi connectivity index (χ3v) is 4.98. The van der Waals surface area contributed by atoms with Gasteiger partial charge in [-0.2, -0.15) is 13.2 Å². The molecule has 0 radical (unpaired) electrons. The number of aromatic nitrogens is 1. The fraction of sp³-hybridized carbons (Fsp3) is 0.444. The molecule has 1 aromatic rings. The van der Waals surface area contributed by atoms with E-state index >= 15 is 0 Å². The van der Waals surface area contributed by atoms with E-state index in [1.54, 1.807) is 0 Å². The SMILES string of the molecule is O=CC(CC1CC1)c1ccc(C2=C(C(F)(F)F)CCC(Cl)=C2)c[n+]1O. The largest absolute Gasteiger partial charge is 0.413 e. The number of nitrogens with zero attached hydrogens (tertiary/aromatic N) is 1. The molecule has 1 unspecified atom stereocenters. The van der Waals surface area contributed by atoms with Crippen molar-refractivity contribution in [2.45, 2.75) is 44.2 Å². The average molecular weight is 373 g/mol. The van der Waals surface area contributed by atoms with Gasteiger partial charge in [-0.05, 0) is 42.9 Å². The molecule has 2 aliphatic carbocycles. The van der Waals surface area contributed by atoms with Crippen molar-refractivity contribution in [2.24, 2.45) is 5.92 Å². The van der Waals surface area contributed by atoms with E-state index in [2.05, 4.69) is 0 Å². The summed E-state index contributed by atoms with van der Waals surface area (Å²) >= 11 is 5.93. The van der Waals surface area contributed by atoms with Gasteiger partial charge in [-0.25, -0.2) is 0 Å². The Morgan fingerprint density at radius 2 is 2.04 bits per heavy atom. The molecule has 1 heterocycles. The van der Waals surface area contributed by atoms with Crippen LogP contribution in [0.2, 0.25) is 0 Å². The van der Waals surface area contributed by atoms with Crippen molar-refractivity contribution in [1.29, 1.82) is 0 Å². The molecule has 0 bridgehead atoms. The Balaban J connectivity index is 1.98. The first-order valence-electron chi connectivity index (χ1n) is 8.16. The summed E-state index contributed by atoms with van der Waals surface area (Å²) < 4.78 is 40.6. The van der Waals surface area contributed by atoms with E-state index in [0.717, 1.165) is 23.9 Å². The summed E-state index contributed by atoms with van der Waals surface area (Å²) in [4.78, 5) is 11.3. The van der Waals surface area contributed by atoms with Crippen LogP contribution < -0.4 is 4.73 Å². The zero-order valence-corrected chi connectivity index (χ0v) is 14.1. The molecule has 134 valence electrons. The topological polar surface area (TPSA) is 41.2 Å². The van der Waals surface area contributed by atoms with E-state index in [1.807, 2.05) is 0 Å². The van der Waals surface area contributed by atoms with Crippen LogP contribution in [0.3, 0.4) is 0 Å². The third kappa shape index (κ3) is 4.06. The maximum Gasteiger partial charge on any atom is 0.413 e. The molecule has 1 fully saturated rings. The van der Waals surface area contributed by atoms with Crippen molar-refractivity contribution < 1.29 is 27.9 Å². The number of carbonyl (C=O) groups excluding carboxylic acids is 1. The van der Waals surface area contributed by atoms with Crippen molar-refractivity contribution in [3.05, 3.63) is 46.3 Å². The van der Waals surface area contributed by atoms with Crippen LogP contribution in [0.1, 0.15) is 49.3 Å². The quantitative estimate of drug-likeness (QED) is 0.469. The fourth-order valence-electron chi connectivity index (χ4n) is 3.16. The number of hydrogen-bond donors (Lipinski definition) is 1. The van der Waals surface area contributed by atoms with Gasteiger partial charge in [0.2, 0.25) is 11.9 Å². The van der Waals surface area contributed by atoms with Crippen LogP contribution in [-0.4, -0.2) is 17.7 Å². The summed E-state index contributed by atoms with van der Waals surface area (Å²) in [6, 6.07) is 3.01. The molecule has 7 heteroatoms. The van der Waals surface area contributed by atoms with Crippen LogP contribution in [0.5, 0.6) is 0 Å². The van der Waals surface area contributed by atoms with Crippen molar-refractivity contribution in [2.75, 3.05) is 0 Å². The lowest BCUT2D eigenvalue weighted by molar-refractivity contribution is -0.910. The lowest BCUT2D eigenvalue weighted by Gasteiger charge is -2.19. The summed E-state index contributed by atoms with van der Waals surface area (Å²) in [5, 5.41) is 10.6. The van der Waals surface area contributed by atoms with Gasteiger partial charge in [-0.1, -0.05) is 24.4 Å². The fourth-order valence-corrected chi connectivity index (χ4v) is 3.36. The Morgan fingerprint density at radius 3 is 2.60 bits per heavy atom. The van der Waals surface area contributed by atoms with Gasteiger partial charge in [0, 0.05) is 21.4 Å². The van der Waals surface area contributed by atoms with Crippen molar-refractivity contribution in [3.8, 4) is 0 Å². The van der Waals surface area contributed by atoms with Gasteiger partial charge in [-0.15, -0.1) is 0 Å². The highest BCUT2D eigenvalue weighted by molar-refractivity contribution is 6.30. The first kappa shape index (κ1) is 18.0. The molecule has 3 rings (SSSR count). The van der Waals surface area contributed by atoms with Crippen LogP contribution in [0.4, 0.5) is 13.2 Å². The molecule has 1 N–H and O–H groups in total. The van der Waals surface area contributed by atoms with E-state index in [-0.39, 0.29) is 24.0 Å². The predicted octanol–water partition coefficient (Wildman–Crippen LogP) is 4.53. The Labute approximate surface area is 148 Å². The number of allylic oxidation sites excluding steroid dienone is 4. The zero-order chi connectivity index (χ0) is 18.2. The lowest BCUT2D eigenvalue weighted by atomic mass is 9.91. The second kappa shape index (κ2) is 6.83. The highest BCUT2D eigenvalue weighted by atomic mass is 35.5. The molecule has 1 atom stereocenters. The highest BCUT2D eigenvalue weighted by Crippen LogP contribution is 2.41. The second-order valence-electron chi connectivity index (χ2n) is 6.59. The second-order valence-corrected chi connectivity index (χ2v) is 7.08. The number of rotatable bonds is 5. The van der Waals surface area contributed by atoms with E-state index in [1.165, 1.54) is 24.4 Å². The first-order chi connectivity index (χ1) is 11.8. The molecule has 1 saturated carbocycles. The average Bonchev–Trinajstić information content (AvgIpc) is 3.35. The van der Waals surface area contributed by atoms with E-state index in [4.69, 9.17) is 11.6 Å². The summed E-state index contributed by atoms with van der Waals surface area (Å²) in [5.41, 5.74) is -0.101. The minimum atomic E-state index is -4.46. The molecule has 2 aliphatic rings. The van der Waals surface area contributed by atoms with Gasteiger partial charge in [0.15, 0.2) is 0 Å². The maximum atomic E-state index is 13.3. The Hall–Kier alpha value is -1.82. The van der Waals surface area contributed by atoms with Gasteiger partial charge in [0.1, 0.15) is 12.2 Å². The van der Waals surface area contributed by atoms with Gasteiger partial charge < -0.3 is 4.79 Å². The summed E-state index contributed by atoms with van der Waals surface area (Å²) in [6.07, 6.45) is 1.56. The maximum absolute atomic E-state index is 13.3. The van der Waals surface area contributed by atoms with Crippen LogP contribution >= 0.6 is 11.6 Å². The Kier molecular flexibility index (Phi) is 4.91. The van der Waals surface area contributed by atoms with Crippen molar-refractivity contribution >= 4 is 23.5 Å². The van der Waals surface area contributed by atoms with Crippen LogP contribution in [0, 0.1) is 5.92 Å². The smallest absolute Gasteiger partial charge is 0.302 e. The summed E-state index contributed by atoms with van der Waals surface area (Å²) in [7, 11) is 0. The summed E-state index contributed by atoms with van der Waals surface area (Å²) in [6.45, 7) is 0. The van der Waals surface area contributed by atoms with Gasteiger partial charge >= 0.3 is 6.18 Å². The monoisotopic (exact) mass is 372 g/mol. The molecule has 1 aromatic heterocycles. The predicted molar refractivity (Wildman–Crippen MR) is 86.1 cm³/mol. The van der Waals surface area contributed by atoms with Gasteiger partial charge in [0.25, 0.3) is 0 Å². The number of carbonyl (C=O) groups is 1. The molecule has 3 nitrogen and oxygen atoms in total. The van der Waals surface area contributed by atoms with Crippen LogP contribution in [-0.2, 0) is 4.79 Å². The molecule has 0 saturated heterocycles. The molecule has 25 heavy (non-hydrogen) atoms. The molecular formula is C18H18ClF3NO2+. The molecule has 0 spiro atoms. The first-order valence-corrected chi connectivity index (χ1v) is 8.54. The Bertz CT molecular complexity index is 751. The third-order valence-electron chi connectivity index (χ3n) is 4.68. The van der Waals surface area contributed by atoms with Crippen molar-refractivity contribution in [1.82, 2.24) is 0 Å². The molecule has 0 amide bonds. The van der Waals surface area contributed by atoms with Gasteiger partial charge in [-0.3, -0.25) is 5.21 Å². The van der Waals surface area contributed by atoms with E-state index in [9.17, 15) is 23.2 Å². The number of halogens is 4. The Morgan fingerprint density at radius 1 is 1.32 bits per heavy atom.